The summed E-state index contributed by atoms with van der Waals surface area (Å²) in [5.41, 5.74) is 0.771. The molecule has 1 atom stereocenters. The first-order chi connectivity index (χ1) is 10.8. The minimum Gasteiger partial charge on any atom is -0.472 e. The number of rotatable bonds is 3. The monoisotopic (exact) mass is 301 g/mol. The van der Waals surface area contributed by atoms with Crippen LogP contribution in [0.1, 0.15) is 50.3 Å². The van der Waals surface area contributed by atoms with Crippen molar-refractivity contribution in [1.29, 1.82) is 0 Å². The van der Waals surface area contributed by atoms with Gasteiger partial charge < -0.3 is 13.8 Å². The van der Waals surface area contributed by atoms with Gasteiger partial charge in [0.15, 0.2) is 5.82 Å². The van der Waals surface area contributed by atoms with E-state index in [2.05, 4.69) is 10.1 Å². The van der Waals surface area contributed by atoms with Crippen molar-refractivity contribution in [2.45, 2.75) is 50.5 Å². The van der Waals surface area contributed by atoms with Gasteiger partial charge in [0.05, 0.1) is 11.8 Å². The third kappa shape index (κ3) is 2.42. The van der Waals surface area contributed by atoms with E-state index in [1.165, 1.54) is 19.3 Å². The zero-order valence-corrected chi connectivity index (χ0v) is 12.4. The molecule has 1 saturated carbocycles. The van der Waals surface area contributed by atoms with Gasteiger partial charge in [-0.15, -0.1) is 0 Å². The van der Waals surface area contributed by atoms with Gasteiger partial charge in [-0.05, 0) is 18.9 Å². The molecule has 2 aromatic rings. The van der Waals surface area contributed by atoms with E-state index in [0.717, 1.165) is 18.4 Å². The lowest BCUT2D eigenvalue weighted by Gasteiger charge is -2.31. The standard InChI is InChI=1S/C16H19N3O3/c20-14-8-12(9-19(14)13-4-2-1-3-5-13)15-17-16(22-18-15)11-6-7-21-10-11/h6-7,10,12-13H,1-5,8-9H2/t12-/m1/s1. The normalized spacial score (nSPS) is 23.4. The van der Waals surface area contributed by atoms with Gasteiger partial charge >= 0.3 is 0 Å². The summed E-state index contributed by atoms with van der Waals surface area (Å²) in [6, 6.07) is 2.19. The van der Waals surface area contributed by atoms with E-state index in [-0.39, 0.29) is 11.8 Å². The van der Waals surface area contributed by atoms with Crippen LogP contribution in [0.3, 0.4) is 0 Å². The minimum absolute atomic E-state index is 0.0406. The number of aromatic nitrogens is 2. The first-order valence-corrected chi connectivity index (χ1v) is 7.97. The number of carbonyl (C=O) groups is 1. The minimum atomic E-state index is 0.0406. The summed E-state index contributed by atoms with van der Waals surface area (Å²) in [6.07, 6.45) is 9.64. The Balaban J connectivity index is 1.48. The van der Waals surface area contributed by atoms with Crippen LogP contribution in [0.4, 0.5) is 0 Å². The topological polar surface area (TPSA) is 72.4 Å². The molecule has 1 aliphatic heterocycles. The second kappa shape index (κ2) is 5.59. The van der Waals surface area contributed by atoms with E-state index in [1.807, 2.05) is 4.90 Å². The van der Waals surface area contributed by atoms with Crippen LogP contribution in [0.2, 0.25) is 0 Å². The van der Waals surface area contributed by atoms with Crippen LogP contribution in [0.5, 0.6) is 0 Å². The third-order valence-corrected chi connectivity index (χ3v) is 4.75. The molecule has 6 heteroatoms. The number of hydrogen-bond donors (Lipinski definition) is 0. The van der Waals surface area contributed by atoms with Crippen molar-refractivity contribution in [3.63, 3.8) is 0 Å². The molecule has 2 aromatic heterocycles. The van der Waals surface area contributed by atoms with Crippen molar-refractivity contribution in [2.75, 3.05) is 6.54 Å². The second-order valence-corrected chi connectivity index (χ2v) is 6.21. The summed E-state index contributed by atoms with van der Waals surface area (Å²) in [5.74, 6) is 1.35. The quantitative estimate of drug-likeness (QED) is 0.871. The van der Waals surface area contributed by atoms with Gasteiger partial charge in [0.1, 0.15) is 6.26 Å². The van der Waals surface area contributed by atoms with Crippen molar-refractivity contribution < 1.29 is 13.7 Å². The number of carbonyl (C=O) groups excluding carboxylic acids is 1. The van der Waals surface area contributed by atoms with Gasteiger partial charge in [-0.1, -0.05) is 24.4 Å². The van der Waals surface area contributed by atoms with E-state index in [0.29, 0.717) is 30.7 Å². The Morgan fingerprint density at radius 2 is 2.09 bits per heavy atom. The number of furan rings is 1. The van der Waals surface area contributed by atoms with Gasteiger partial charge in [-0.3, -0.25) is 4.79 Å². The van der Waals surface area contributed by atoms with Crippen LogP contribution in [0.15, 0.2) is 27.5 Å². The van der Waals surface area contributed by atoms with E-state index in [9.17, 15) is 4.79 Å². The predicted molar refractivity (Wildman–Crippen MR) is 77.9 cm³/mol. The first kappa shape index (κ1) is 13.5. The Hall–Kier alpha value is -2.11. The first-order valence-electron chi connectivity index (χ1n) is 7.97. The smallest absolute Gasteiger partial charge is 0.261 e. The van der Waals surface area contributed by atoms with Gasteiger partial charge in [0.2, 0.25) is 5.91 Å². The van der Waals surface area contributed by atoms with Gasteiger partial charge in [0, 0.05) is 24.9 Å². The van der Waals surface area contributed by atoms with Crippen LogP contribution in [-0.4, -0.2) is 33.5 Å². The third-order valence-electron chi connectivity index (χ3n) is 4.75. The number of likely N-dealkylation sites (tertiary alicyclic amines) is 1. The zero-order chi connectivity index (χ0) is 14.9. The maximum absolute atomic E-state index is 12.3. The molecule has 1 saturated heterocycles. The lowest BCUT2D eigenvalue weighted by Crippen LogP contribution is -2.37. The van der Waals surface area contributed by atoms with Crippen LogP contribution in [0, 0.1) is 0 Å². The lowest BCUT2D eigenvalue weighted by molar-refractivity contribution is -0.130. The molecule has 116 valence electrons. The van der Waals surface area contributed by atoms with Crippen molar-refractivity contribution in [3.8, 4) is 11.5 Å². The number of amides is 1. The van der Waals surface area contributed by atoms with Crippen LogP contribution in [0.25, 0.3) is 11.5 Å². The van der Waals surface area contributed by atoms with Gasteiger partial charge in [-0.25, -0.2) is 0 Å². The highest BCUT2D eigenvalue weighted by Gasteiger charge is 2.37. The van der Waals surface area contributed by atoms with E-state index in [4.69, 9.17) is 8.94 Å². The Morgan fingerprint density at radius 1 is 1.23 bits per heavy atom. The van der Waals surface area contributed by atoms with Crippen LogP contribution < -0.4 is 0 Å². The van der Waals surface area contributed by atoms with Gasteiger partial charge in [0.25, 0.3) is 5.89 Å². The number of nitrogens with zero attached hydrogens (tertiary/aromatic N) is 3. The lowest BCUT2D eigenvalue weighted by atomic mass is 9.94. The Morgan fingerprint density at radius 3 is 2.86 bits per heavy atom. The van der Waals surface area contributed by atoms with Crippen molar-refractivity contribution >= 4 is 5.91 Å². The molecular formula is C16H19N3O3. The van der Waals surface area contributed by atoms with E-state index >= 15 is 0 Å². The highest BCUT2D eigenvalue weighted by molar-refractivity contribution is 5.80. The molecule has 0 aromatic carbocycles. The molecule has 2 fully saturated rings. The molecule has 0 spiro atoms. The van der Waals surface area contributed by atoms with Crippen molar-refractivity contribution in [2.24, 2.45) is 0 Å². The average molecular weight is 301 g/mol. The maximum Gasteiger partial charge on any atom is 0.261 e. The molecular weight excluding hydrogens is 282 g/mol. The van der Waals surface area contributed by atoms with Crippen molar-refractivity contribution in [3.05, 3.63) is 24.4 Å². The van der Waals surface area contributed by atoms with Crippen LogP contribution in [-0.2, 0) is 4.79 Å². The average Bonchev–Trinajstić information content (AvgIpc) is 3.28. The largest absolute Gasteiger partial charge is 0.472 e. The summed E-state index contributed by atoms with van der Waals surface area (Å²) in [5, 5.41) is 4.06. The molecule has 1 amide bonds. The molecule has 22 heavy (non-hydrogen) atoms. The Bertz CT molecular complexity index is 643. The highest BCUT2D eigenvalue weighted by Crippen LogP contribution is 2.33. The van der Waals surface area contributed by atoms with E-state index in [1.54, 1.807) is 18.6 Å². The molecule has 4 rings (SSSR count). The van der Waals surface area contributed by atoms with E-state index < -0.39 is 0 Å². The van der Waals surface area contributed by atoms with Crippen molar-refractivity contribution in [1.82, 2.24) is 15.0 Å². The number of hydrogen-bond acceptors (Lipinski definition) is 5. The molecule has 0 bridgehead atoms. The fraction of sp³-hybridized carbons (Fsp3) is 0.562. The summed E-state index contributed by atoms with van der Waals surface area (Å²) >= 11 is 0. The highest BCUT2D eigenvalue weighted by atomic mass is 16.5. The molecule has 0 radical (unpaired) electrons. The zero-order valence-electron chi connectivity index (χ0n) is 12.4. The van der Waals surface area contributed by atoms with Crippen LogP contribution >= 0.6 is 0 Å². The fourth-order valence-electron chi connectivity index (χ4n) is 3.55. The molecule has 1 aliphatic carbocycles. The Kier molecular flexibility index (Phi) is 3.44. The fourth-order valence-corrected chi connectivity index (χ4v) is 3.55. The molecule has 2 aliphatic rings. The summed E-state index contributed by atoms with van der Waals surface area (Å²) in [4.78, 5) is 18.8. The summed E-state index contributed by atoms with van der Waals surface area (Å²) < 4.78 is 10.3. The predicted octanol–water partition coefficient (Wildman–Crippen LogP) is 2.98. The maximum atomic E-state index is 12.3. The summed E-state index contributed by atoms with van der Waals surface area (Å²) in [6.45, 7) is 0.716. The SMILES string of the molecule is O=C1C[C@@H](c2noc(-c3ccoc3)n2)CN1C1CCCCC1. The second-order valence-electron chi connectivity index (χ2n) is 6.21. The molecule has 6 nitrogen and oxygen atoms in total. The molecule has 3 heterocycles. The molecule has 0 N–H and O–H groups in total. The Labute approximate surface area is 128 Å². The van der Waals surface area contributed by atoms with Gasteiger partial charge in [-0.2, -0.15) is 4.98 Å². The summed E-state index contributed by atoms with van der Waals surface area (Å²) in [7, 11) is 0. The molecule has 0 unspecified atom stereocenters.